The van der Waals surface area contributed by atoms with E-state index in [2.05, 4.69) is 13.5 Å². The molecule has 1 atom stereocenters. The zero-order valence-electron chi connectivity index (χ0n) is 22.8. The molecule has 2 aliphatic carbocycles. The average Bonchev–Trinajstić information content (AvgIpc) is 2.93. The number of esters is 1. The van der Waals surface area contributed by atoms with Crippen LogP contribution in [0.1, 0.15) is 108 Å². The molecular formula is C32H46F2O3. The molecule has 0 amide bonds. The number of rotatable bonds is 12. The van der Waals surface area contributed by atoms with Gasteiger partial charge >= 0.3 is 5.97 Å². The SMILES string of the molecule is C=C(C)C(=O)OCC(CO)c1ccc(/C(F)=C(\F)C2CCC(C3CCC(CCCCC)CC3)CC2)cc1. The number of hydrogen-bond acceptors (Lipinski definition) is 3. The van der Waals surface area contributed by atoms with Crippen LogP contribution in [0.5, 0.6) is 0 Å². The van der Waals surface area contributed by atoms with Crippen molar-refractivity contribution in [1.29, 1.82) is 0 Å². The van der Waals surface area contributed by atoms with Crippen LogP contribution in [-0.4, -0.2) is 24.3 Å². The van der Waals surface area contributed by atoms with Crippen LogP contribution in [0.2, 0.25) is 0 Å². The Morgan fingerprint density at radius 3 is 2.14 bits per heavy atom. The Labute approximate surface area is 222 Å². The molecule has 0 radical (unpaired) electrons. The first-order chi connectivity index (χ1) is 17.8. The highest BCUT2D eigenvalue weighted by atomic mass is 19.2. The van der Waals surface area contributed by atoms with Crippen molar-refractivity contribution in [3.8, 4) is 0 Å². The number of aliphatic hydroxyl groups excluding tert-OH is 1. The third-order valence-corrected chi connectivity index (χ3v) is 8.73. The van der Waals surface area contributed by atoms with Gasteiger partial charge in [-0.3, -0.25) is 0 Å². The maximum Gasteiger partial charge on any atom is 0.333 e. The lowest BCUT2D eigenvalue weighted by Crippen LogP contribution is -2.26. The highest BCUT2D eigenvalue weighted by Gasteiger charge is 2.33. The summed E-state index contributed by atoms with van der Waals surface area (Å²) in [7, 11) is 0. The van der Waals surface area contributed by atoms with Gasteiger partial charge in [-0.25, -0.2) is 13.6 Å². The molecule has 3 nitrogen and oxygen atoms in total. The zero-order valence-corrected chi connectivity index (χ0v) is 22.8. The van der Waals surface area contributed by atoms with Crippen LogP contribution < -0.4 is 0 Å². The van der Waals surface area contributed by atoms with Gasteiger partial charge in [0.05, 0.1) is 6.61 Å². The summed E-state index contributed by atoms with van der Waals surface area (Å²) in [5, 5.41) is 9.68. The molecule has 1 aromatic carbocycles. The first kappa shape index (κ1) is 29.5. The average molecular weight is 517 g/mol. The number of halogens is 2. The molecule has 3 rings (SSSR count). The number of hydrogen-bond donors (Lipinski definition) is 1. The Bertz CT molecular complexity index is 891. The molecule has 5 heteroatoms. The van der Waals surface area contributed by atoms with Crippen LogP contribution >= 0.6 is 0 Å². The molecule has 1 N–H and O–H groups in total. The lowest BCUT2D eigenvalue weighted by Gasteiger charge is -2.37. The van der Waals surface area contributed by atoms with E-state index >= 15 is 8.78 Å². The van der Waals surface area contributed by atoms with Gasteiger partial charge in [0.15, 0.2) is 5.83 Å². The summed E-state index contributed by atoms with van der Waals surface area (Å²) in [6.45, 7) is 7.13. The number of carbonyl (C=O) groups is 1. The minimum atomic E-state index is -0.781. The standard InChI is InChI=1S/C32H46F2O3/c1-4-5-6-7-23-8-10-24(11-9-23)25-12-16-27(17-13-25)30(33)31(34)28-18-14-26(15-19-28)29(20-35)21-37-32(36)22(2)3/h14-15,18-19,23-25,27,29,35H,2,4-13,16-17,20-21H2,1,3H3/b31-30+. The van der Waals surface area contributed by atoms with Crippen molar-refractivity contribution in [2.75, 3.05) is 13.2 Å². The predicted molar refractivity (Wildman–Crippen MR) is 146 cm³/mol. The van der Waals surface area contributed by atoms with Crippen molar-refractivity contribution in [1.82, 2.24) is 0 Å². The van der Waals surface area contributed by atoms with Gasteiger partial charge in [-0.15, -0.1) is 0 Å². The van der Waals surface area contributed by atoms with E-state index in [0.717, 1.165) is 37.5 Å². The first-order valence-electron chi connectivity index (χ1n) is 14.4. The molecule has 0 spiro atoms. The van der Waals surface area contributed by atoms with Crippen LogP contribution in [0.15, 0.2) is 42.2 Å². The first-order valence-corrected chi connectivity index (χ1v) is 14.4. The fraction of sp³-hybridized carbons (Fsp3) is 0.656. The normalized spacial score (nSPS) is 25.8. The molecule has 2 fully saturated rings. The Hall–Kier alpha value is -2.01. The highest BCUT2D eigenvalue weighted by Crippen LogP contribution is 2.45. The summed E-state index contributed by atoms with van der Waals surface area (Å²) in [4.78, 5) is 11.6. The molecule has 0 heterocycles. The van der Waals surface area contributed by atoms with E-state index in [1.807, 2.05) is 0 Å². The van der Waals surface area contributed by atoms with Crippen molar-refractivity contribution in [3.05, 3.63) is 53.4 Å². The monoisotopic (exact) mass is 516 g/mol. The second-order valence-electron chi connectivity index (χ2n) is 11.4. The van der Waals surface area contributed by atoms with Gasteiger partial charge in [-0.2, -0.15) is 0 Å². The number of aliphatic hydroxyl groups is 1. The minimum Gasteiger partial charge on any atom is -0.462 e. The molecule has 37 heavy (non-hydrogen) atoms. The Morgan fingerprint density at radius 1 is 1.00 bits per heavy atom. The van der Waals surface area contributed by atoms with Gasteiger partial charge in [0.1, 0.15) is 12.4 Å². The molecule has 0 saturated heterocycles. The molecule has 1 unspecified atom stereocenters. The summed E-state index contributed by atoms with van der Waals surface area (Å²) >= 11 is 0. The second-order valence-corrected chi connectivity index (χ2v) is 11.4. The lowest BCUT2D eigenvalue weighted by atomic mass is 9.68. The molecule has 0 aliphatic heterocycles. The van der Waals surface area contributed by atoms with E-state index in [-0.39, 0.29) is 30.3 Å². The van der Waals surface area contributed by atoms with Gasteiger partial charge in [0.25, 0.3) is 0 Å². The Morgan fingerprint density at radius 2 is 1.59 bits per heavy atom. The maximum atomic E-state index is 15.1. The van der Waals surface area contributed by atoms with Gasteiger partial charge in [0.2, 0.25) is 0 Å². The topological polar surface area (TPSA) is 46.5 Å². The van der Waals surface area contributed by atoms with Crippen molar-refractivity contribution in [2.45, 2.75) is 96.8 Å². The van der Waals surface area contributed by atoms with Gasteiger partial charge < -0.3 is 9.84 Å². The van der Waals surface area contributed by atoms with Crippen LogP contribution in [0.4, 0.5) is 8.78 Å². The number of allylic oxidation sites excluding steroid dienone is 1. The summed E-state index contributed by atoms with van der Waals surface area (Å²) in [5.41, 5.74) is 1.20. The summed E-state index contributed by atoms with van der Waals surface area (Å²) in [5.74, 6) is -0.366. The number of unbranched alkanes of at least 4 members (excludes halogenated alkanes) is 2. The van der Waals surface area contributed by atoms with Crippen molar-refractivity contribution in [3.63, 3.8) is 0 Å². The molecule has 0 aromatic heterocycles. The van der Waals surface area contributed by atoms with Gasteiger partial charge in [0, 0.05) is 23.0 Å². The van der Waals surface area contributed by atoms with Crippen molar-refractivity contribution < 1.29 is 23.4 Å². The summed E-state index contributed by atoms with van der Waals surface area (Å²) in [6, 6.07) is 6.40. The van der Waals surface area contributed by atoms with Crippen LogP contribution in [-0.2, 0) is 9.53 Å². The van der Waals surface area contributed by atoms with E-state index < -0.39 is 23.5 Å². The third-order valence-electron chi connectivity index (χ3n) is 8.73. The Balaban J connectivity index is 1.50. The van der Waals surface area contributed by atoms with Crippen molar-refractivity contribution >= 4 is 11.8 Å². The predicted octanol–water partition coefficient (Wildman–Crippen LogP) is 8.68. The van der Waals surface area contributed by atoms with E-state index in [0.29, 0.717) is 11.5 Å². The zero-order chi connectivity index (χ0) is 26.8. The molecule has 1 aromatic rings. The second kappa shape index (κ2) is 14.8. The molecule has 2 saturated carbocycles. The van der Waals surface area contributed by atoms with Gasteiger partial charge in [-0.1, -0.05) is 76.3 Å². The van der Waals surface area contributed by atoms with E-state index in [1.165, 1.54) is 63.5 Å². The van der Waals surface area contributed by atoms with E-state index in [1.54, 1.807) is 19.1 Å². The smallest absolute Gasteiger partial charge is 0.333 e. The lowest BCUT2D eigenvalue weighted by molar-refractivity contribution is -0.139. The van der Waals surface area contributed by atoms with E-state index in [9.17, 15) is 9.90 Å². The Kier molecular flexibility index (Phi) is 11.8. The molecule has 2 aliphatic rings. The third kappa shape index (κ3) is 8.49. The van der Waals surface area contributed by atoms with Crippen LogP contribution in [0, 0.1) is 23.7 Å². The number of benzene rings is 1. The van der Waals surface area contributed by atoms with Gasteiger partial charge in [-0.05, 0) is 68.8 Å². The fourth-order valence-corrected chi connectivity index (χ4v) is 6.25. The fourth-order valence-electron chi connectivity index (χ4n) is 6.25. The van der Waals surface area contributed by atoms with Crippen LogP contribution in [0.25, 0.3) is 5.83 Å². The molecular weight excluding hydrogens is 470 g/mol. The molecule has 206 valence electrons. The molecule has 0 bridgehead atoms. The van der Waals surface area contributed by atoms with E-state index in [4.69, 9.17) is 4.74 Å². The quantitative estimate of drug-likeness (QED) is 0.172. The maximum absolute atomic E-state index is 15.1. The summed E-state index contributed by atoms with van der Waals surface area (Å²) in [6.07, 6.45) is 14.1. The van der Waals surface area contributed by atoms with Crippen LogP contribution in [0.3, 0.4) is 0 Å². The number of ether oxygens (including phenoxy) is 1. The van der Waals surface area contributed by atoms with Crippen molar-refractivity contribution in [2.24, 2.45) is 23.7 Å². The minimum absolute atomic E-state index is 0.00201. The highest BCUT2D eigenvalue weighted by molar-refractivity contribution is 5.86. The largest absolute Gasteiger partial charge is 0.462 e. The number of carbonyl (C=O) groups excluding carboxylic acids is 1. The summed E-state index contributed by atoms with van der Waals surface area (Å²) < 4.78 is 35.4.